The van der Waals surface area contributed by atoms with Gasteiger partial charge in [-0.3, -0.25) is 0 Å². The van der Waals surface area contributed by atoms with E-state index in [0.717, 1.165) is 31.6 Å². The van der Waals surface area contributed by atoms with Crippen LogP contribution in [0.5, 0.6) is 5.75 Å². The van der Waals surface area contributed by atoms with Gasteiger partial charge in [0.15, 0.2) is 0 Å². The Kier molecular flexibility index (Phi) is 6.36. The van der Waals surface area contributed by atoms with Crippen molar-refractivity contribution in [2.75, 3.05) is 6.54 Å². The third kappa shape index (κ3) is 4.87. The molecule has 0 saturated carbocycles. The highest BCUT2D eigenvalue weighted by Crippen LogP contribution is 2.30. The zero-order chi connectivity index (χ0) is 14.3. The lowest BCUT2D eigenvalue weighted by atomic mass is 10.0. The van der Waals surface area contributed by atoms with E-state index in [-0.39, 0.29) is 5.60 Å². The lowest BCUT2D eigenvalue weighted by molar-refractivity contribution is 0.103. The smallest absolute Gasteiger partial charge is 0.124 e. The minimum Gasteiger partial charge on any atom is -0.488 e. The molecule has 19 heavy (non-hydrogen) atoms. The van der Waals surface area contributed by atoms with Gasteiger partial charge in [-0.1, -0.05) is 39.0 Å². The van der Waals surface area contributed by atoms with E-state index < -0.39 is 0 Å². The average Bonchev–Trinajstić information content (AvgIpc) is 2.41. The summed E-state index contributed by atoms with van der Waals surface area (Å²) in [6.07, 6.45) is 3.23. The van der Waals surface area contributed by atoms with Gasteiger partial charge >= 0.3 is 0 Å². The summed E-state index contributed by atoms with van der Waals surface area (Å²) in [6.45, 7) is 11.9. The highest BCUT2D eigenvalue weighted by Gasteiger charge is 2.20. The molecule has 0 aliphatic carbocycles. The Bertz CT molecular complexity index is 373. The summed E-state index contributed by atoms with van der Waals surface area (Å²) in [7, 11) is 0. The summed E-state index contributed by atoms with van der Waals surface area (Å²) in [5, 5.41) is 3.60. The average molecular weight is 263 g/mol. The minimum atomic E-state index is -0.112. The van der Waals surface area contributed by atoms with Crippen LogP contribution in [0.15, 0.2) is 24.3 Å². The highest BCUT2D eigenvalue weighted by molar-refractivity contribution is 5.36. The maximum Gasteiger partial charge on any atom is 0.124 e. The molecule has 1 N–H and O–H groups in total. The monoisotopic (exact) mass is 263 g/mol. The quantitative estimate of drug-likeness (QED) is 0.733. The van der Waals surface area contributed by atoms with Crippen LogP contribution in [-0.4, -0.2) is 12.1 Å². The van der Waals surface area contributed by atoms with Crippen LogP contribution in [0, 0.1) is 0 Å². The van der Waals surface area contributed by atoms with Gasteiger partial charge in [-0.2, -0.15) is 0 Å². The van der Waals surface area contributed by atoms with E-state index in [0.29, 0.717) is 6.04 Å². The lowest BCUT2D eigenvalue weighted by Gasteiger charge is -2.28. The van der Waals surface area contributed by atoms with Crippen molar-refractivity contribution in [1.29, 1.82) is 0 Å². The van der Waals surface area contributed by atoms with Crippen LogP contribution in [-0.2, 0) is 0 Å². The van der Waals surface area contributed by atoms with Crippen molar-refractivity contribution in [2.24, 2.45) is 0 Å². The number of hydrogen-bond acceptors (Lipinski definition) is 2. The summed E-state index contributed by atoms with van der Waals surface area (Å²) in [5.74, 6) is 1.02. The number of hydrogen-bond donors (Lipinski definition) is 1. The number of ether oxygens (including phenoxy) is 1. The molecular weight excluding hydrogens is 234 g/mol. The summed E-state index contributed by atoms with van der Waals surface area (Å²) in [6, 6.07) is 8.79. The van der Waals surface area contributed by atoms with Crippen molar-refractivity contribution in [2.45, 2.75) is 65.5 Å². The first kappa shape index (κ1) is 16.0. The van der Waals surface area contributed by atoms with Crippen LogP contribution >= 0.6 is 0 Å². The molecule has 0 aliphatic rings. The Morgan fingerprint density at radius 1 is 1.16 bits per heavy atom. The topological polar surface area (TPSA) is 21.3 Å². The van der Waals surface area contributed by atoms with Crippen molar-refractivity contribution >= 4 is 0 Å². The fourth-order valence-electron chi connectivity index (χ4n) is 2.02. The van der Waals surface area contributed by atoms with E-state index in [1.165, 1.54) is 5.56 Å². The van der Waals surface area contributed by atoms with Crippen LogP contribution in [0.2, 0.25) is 0 Å². The van der Waals surface area contributed by atoms with E-state index in [1.54, 1.807) is 0 Å². The van der Waals surface area contributed by atoms with Crippen molar-refractivity contribution < 1.29 is 4.74 Å². The maximum atomic E-state index is 6.20. The van der Waals surface area contributed by atoms with Gasteiger partial charge in [0.1, 0.15) is 11.4 Å². The molecule has 0 spiro atoms. The van der Waals surface area contributed by atoms with E-state index in [4.69, 9.17) is 4.74 Å². The van der Waals surface area contributed by atoms with Crippen molar-refractivity contribution in [3.05, 3.63) is 29.8 Å². The molecule has 0 heterocycles. The van der Waals surface area contributed by atoms with Crippen LogP contribution in [0.4, 0.5) is 0 Å². The third-order valence-electron chi connectivity index (χ3n) is 3.58. The van der Waals surface area contributed by atoms with Crippen LogP contribution < -0.4 is 10.1 Å². The van der Waals surface area contributed by atoms with Gasteiger partial charge in [0, 0.05) is 11.6 Å². The van der Waals surface area contributed by atoms with Crippen molar-refractivity contribution in [3.8, 4) is 5.75 Å². The molecule has 108 valence electrons. The van der Waals surface area contributed by atoms with Gasteiger partial charge in [-0.05, 0) is 45.7 Å². The van der Waals surface area contributed by atoms with Crippen LogP contribution in [0.1, 0.15) is 65.5 Å². The first-order valence-corrected chi connectivity index (χ1v) is 7.55. The number of benzene rings is 1. The predicted molar refractivity (Wildman–Crippen MR) is 82.8 cm³/mol. The van der Waals surface area contributed by atoms with Crippen LogP contribution in [0.3, 0.4) is 0 Å². The number of para-hydroxylation sites is 1. The second-order valence-corrected chi connectivity index (χ2v) is 5.67. The first-order chi connectivity index (χ1) is 9.04. The standard InChI is InChI=1S/C17H29NO/c1-6-13-18-15(7-2)14-11-9-10-12-16(14)19-17(4,5)8-3/h9-12,15,18H,6-8,13H2,1-5H3. The molecule has 0 aliphatic heterocycles. The largest absolute Gasteiger partial charge is 0.488 e. The Hall–Kier alpha value is -1.02. The molecule has 0 amide bonds. The molecule has 1 rings (SSSR count). The molecule has 2 heteroatoms. The van der Waals surface area contributed by atoms with E-state index in [9.17, 15) is 0 Å². The molecule has 0 radical (unpaired) electrons. The highest BCUT2D eigenvalue weighted by atomic mass is 16.5. The molecule has 1 unspecified atom stereocenters. The van der Waals surface area contributed by atoms with Gasteiger partial charge in [0.25, 0.3) is 0 Å². The Labute approximate surface area is 118 Å². The number of nitrogens with one attached hydrogen (secondary N) is 1. The maximum absolute atomic E-state index is 6.20. The normalized spacial score (nSPS) is 13.3. The molecule has 0 bridgehead atoms. The molecule has 1 aromatic rings. The molecule has 0 aromatic heterocycles. The first-order valence-electron chi connectivity index (χ1n) is 7.55. The molecule has 1 aromatic carbocycles. The SMILES string of the molecule is CCCNC(CC)c1ccccc1OC(C)(C)CC. The minimum absolute atomic E-state index is 0.112. The van der Waals surface area contributed by atoms with E-state index >= 15 is 0 Å². The Balaban J connectivity index is 2.93. The van der Waals surface area contributed by atoms with Crippen LogP contribution in [0.25, 0.3) is 0 Å². The Morgan fingerprint density at radius 2 is 1.84 bits per heavy atom. The Morgan fingerprint density at radius 3 is 2.42 bits per heavy atom. The van der Waals surface area contributed by atoms with Gasteiger partial charge in [-0.15, -0.1) is 0 Å². The van der Waals surface area contributed by atoms with Gasteiger partial charge in [0.05, 0.1) is 0 Å². The van der Waals surface area contributed by atoms with E-state index in [2.05, 4.69) is 64.2 Å². The lowest BCUT2D eigenvalue weighted by Crippen LogP contribution is -2.29. The third-order valence-corrected chi connectivity index (χ3v) is 3.58. The zero-order valence-electron chi connectivity index (χ0n) is 13.1. The molecule has 2 nitrogen and oxygen atoms in total. The van der Waals surface area contributed by atoms with Gasteiger partial charge < -0.3 is 10.1 Å². The summed E-state index contributed by atoms with van der Waals surface area (Å²) < 4.78 is 6.20. The molecular formula is C17H29NO. The van der Waals surface area contributed by atoms with Crippen molar-refractivity contribution in [1.82, 2.24) is 5.32 Å². The molecule has 1 atom stereocenters. The van der Waals surface area contributed by atoms with Gasteiger partial charge in [0.2, 0.25) is 0 Å². The second kappa shape index (κ2) is 7.54. The summed E-state index contributed by atoms with van der Waals surface area (Å²) >= 11 is 0. The van der Waals surface area contributed by atoms with E-state index in [1.807, 2.05) is 0 Å². The summed E-state index contributed by atoms with van der Waals surface area (Å²) in [5.41, 5.74) is 1.17. The zero-order valence-corrected chi connectivity index (χ0v) is 13.1. The summed E-state index contributed by atoms with van der Waals surface area (Å²) in [4.78, 5) is 0. The predicted octanol–water partition coefficient (Wildman–Crippen LogP) is 4.70. The second-order valence-electron chi connectivity index (χ2n) is 5.67. The van der Waals surface area contributed by atoms with Crippen molar-refractivity contribution in [3.63, 3.8) is 0 Å². The number of rotatable bonds is 8. The fraction of sp³-hybridized carbons (Fsp3) is 0.647. The van der Waals surface area contributed by atoms with Gasteiger partial charge in [-0.25, -0.2) is 0 Å². The molecule has 0 fully saturated rings. The fourth-order valence-corrected chi connectivity index (χ4v) is 2.02. The molecule has 0 saturated heterocycles.